The molecule has 1 aliphatic rings. The molecule has 0 radical (unpaired) electrons. The molecule has 0 spiro atoms. The molecule has 1 fully saturated rings. The van der Waals surface area contributed by atoms with Crippen LogP contribution >= 0.6 is 0 Å². The Labute approximate surface area is 112 Å². The Morgan fingerprint density at radius 1 is 1.32 bits per heavy atom. The lowest BCUT2D eigenvalue weighted by molar-refractivity contribution is 0.591. The summed E-state index contributed by atoms with van der Waals surface area (Å²) in [6, 6.07) is 7.79. The van der Waals surface area contributed by atoms with Gasteiger partial charge in [0, 0.05) is 17.3 Å². The minimum Gasteiger partial charge on any atom is -0.367 e. The average Bonchev–Trinajstić information content (AvgIpc) is 2.75. The highest BCUT2D eigenvalue weighted by Gasteiger charge is 2.30. The van der Waals surface area contributed by atoms with Crippen LogP contribution in [0.3, 0.4) is 0 Å². The van der Waals surface area contributed by atoms with E-state index in [4.69, 9.17) is 0 Å². The van der Waals surface area contributed by atoms with E-state index in [9.17, 15) is 8.42 Å². The number of anilines is 1. The second-order valence-electron chi connectivity index (χ2n) is 4.79. The van der Waals surface area contributed by atoms with Gasteiger partial charge in [0.1, 0.15) is 0 Å². The van der Waals surface area contributed by atoms with Crippen molar-refractivity contribution in [1.82, 2.24) is 10.2 Å². The molecule has 5 nitrogen and oxygen atoms in total. The number of rotatable bonds is 3. The first-order chi connectivity index (χ1) is 9.17. The van der Waals surface area contributed by atoms with Gasteiger partial charge in [-0.2, -0.15) is 5.10 Å². The molecule has 1 saturated heterocycles. The highest BCUT2D eigenvalue weighted by atomic mass is 32.2. The monoisotopic (exact) mass is 277 g/mol. The van der Waals surface area contributed by atoms with E-state index in [2.05, 4.69) is 15.5 Å². The Morgan fingerprint density at radius 3 is 2.95 bits per heavy atom. The number of fused-ring (bicyclic) bond motifs is 1. The number of nitrogens with one attached hydrogen (secondary N) is 1. The average molecular weight is 277 g/mol. The predicted octanol–water partition coefficient (Wildman–Crippen LogP) is 1.62. The lowest BCUT2D eigenvalue weighted by atomic mass is 10.2. The topological polar surface area (TPSA) is 72.0 Å². The summed E-state index contributed by atoms with van der Waals surface area (Å²) >= 11 is 0. The van der Waals surface area contributed by atoms with Crippen LogP contribution in [0.15, 0.2) is 30.5 Å². The van der Waals surface area contributed by atoms with Crippen molar-refractivity contribution < 1.29 is 8.42 Å². The van der Waals surface area contributed by atoms with Crippen molar-refractivity contribution in [2.75, 3.05) is 17.6 Å². The fraction of sp³-hybridized carbons (Fsp3) is 0.385. The molecule has 0 aliphatic carbocycles. The van der Waals surface area contributed by atoms with Gasteiger partial charge in [-0.3, -0.25) is 0 Å². The second kappa shape index (κ2) is 4.77. The third-order valence-electron chi connectivity index (χ3n) is 3.53. The summed E-state index contributed by atoms with van der Waals surface area (Å²) in [6.45, 7) is 0.408. The molecule has 2 aromatic rings. The molecule has 1 aliphatic heterocycles. The van der Waals surface area contributed by atoms with Crippen LogP contribution in [0.5, 0.6) is 0 Å². The summed E-state index contributed by atoms with van der Waals surface area (Å²) in [5.41, 5.74) is 0. The first-order valence-electron chi connectivity index (χ1n) is 6.33. The summed E-state index contributed by atoms with van der Waals surface area (Å²) in [4.78, 5) is 0. The van der Waals surface area contributed by atoms with Crippen molar-refractivity contribution >= 4 is 26.4 Å². The van der Waals surface area contributed by atoms with Gasteiger partial charge in [-0.25, -0.2) is 8.42 Å². The summed E-state index contributed by atoms with van der Waals surface area (Å²) in [6.07, 6.45) is 3.19. The summed E-state index contributed by atoms with van der Waals surface area (Å²) in [5, 5.41) is 12.8. The van der Waals surface area contributed by atoms with E-state index in [-0.39, 0.29) is 5.25 Å². The molecule has 1 aromatic heterocycles. The minimum atomic E-state index is -2.92. The molecule has 1 aromatic carbocycles. The second-order valence-corrected chi connectivity index (χ2v) is 7.19. The zero-order valence-corrected chi connectivity index (χ0v) is 11.2. The summed E-state index contributed by atoms with van der Waals surface area (Å²) in [7, 11) is -2.92. The van der Waals surface area contributed by atoms with E-state index in [1.54, 1.807) is 6.20 Å². The van der Waals surface area contributed by atoms with Crippen molar-refractivity contribution in [1.29, 1.82) is 0 Å². The lowest BCUT2D eigenvalue weighted by Crippen LogP contribution is -2.25. The molecule has 0 bridgehead atoms. The van der Waals surface area contributed by atoms with Crippen LogP contribution in [0.2, 0.25) is 0 Å². The van der Waals surface area contributed by atoms with Gasteiger partial charge in [-0.15, -0.1) is 5.10 Å². The van der Waals surface area contributed by atoms with E-state index in [1.165, 1.54) is 0 Å². The van der Waals surface area contributed by atoms with E-state index in [0.717, 1.165) is 23.6 Å². The van der Waals surface area contributed by atoms with Crippen molar-refractivity contribution in [2.45, 2.75) is 18.1 Å². The number of aromatic nitrogens is 2. The Morgan fingerprint density at radius 2 is 2.16 bits per heavy atom. The number of hydrogen-bond acceptors (Lipinski definition) is 5. The quantitative estimate of drug-likeness (QED) is 0.923. The van der Waals surface area contributed by atoms with Gasteiger partial charge in [-0.05, 0) is 12.8 Å². The van der Waals surface area contributed by atoms with Gasteiger partial charge in [0.2, 0.25) is 0 Å². The van der Waals surface area contributed by atoms with E-state index in [0.29, 0.717) is 18.1 Å². The van der Waals surface area contributed by atoms with Crippen molar-refractivity contribution in [2.24, 2.45) is 0 Å². The lowest BCUT2D eigenvalue weighted by Gasteiger charge is -2.12. The molecular formula is C13H15N3O2S. The van der Waals surface area contributed by atoms with Crippen molar-refractivity contribution in [3.8, 4) is 0 Å². The maximum atomic E-state index is 11.8. The van der Waals surface area contributed by atoms with Crippen LogP contribution in [0.1, 0.15) is 12.8 Å². The molecule has 3 rings (SSSR count). The van der Waals surface area contributed by atoms with Crippen molar-refractivity contribution in [3.63, 3.8) is 0 Å². The largest absolute Gasteiger partial charge is 0.367 e. The predicted molar refractivity (Wildman–Crippen MR) is 74.8 cm³/mol. The van der Waals surface area contributed by atoms with E-state index in [1.807, 2.05) is 24.3 Å². The van der Waals surface area contributed by atoms with E-state index < -0.39 is 9.84 Å². The third kappa shape index (κ3) is 2.40. The molecule has 1 unspecified atom stereocenters. The number of hydrogen-bond donors (Lipinski definition) is 1. The first kappa shape index (κ1) is 12.3. The molecular weight excluding hydrogens is 262 g/mol. The van der Waals surface area contributed by atoms with Gasteiger partial charge in [0.25, 0.3) is 0 Å². The summed E-state index contributed by atoms with van der Waals surface area (Å²) in [5.74, 6) is 0.959. The zero-order valence-electron chi connectivity index (χ0n) is 10.4. The van der Waals surface area contributed by atoms with Gasteiger partial charge in [0.15, 0.2) is 15.7 Å². The molecule has 6 heteroatoms. The molecule has 1 N–H and O–H groups in total. The van der Waals surface area contributed by atoms with Crippen LogP contribution in [0.25, 0.3) is 10.8 Å². The van der Waals surface area contributed by atoms with Crippen LogP contribution in [-0.4, -0.2) is 36.2 Å². The number of benzene rings is 1. The molecule has 19 heavy (non-hydrogen) atoms. The van der Waals surface area contributed by atoms with Gasteiger partial charge in [0.05, 0.1) is 17.2 Å². The molecule has 100 valence electrons. The fourth-order valence-corrected chi connectivity index (χ4v) is 4.22. The number of nitrogens with zero attached hydrogens (tertiary/aromatic N) is 2. The van der Waals surface area contributed by atoms with Crippen LogP contribution in [-0.2, 0) is 9.84 Å². The fourth-order valence-electron chi connectivity index (χ4n) is 2.46. The Kier molecular flexibility index (Phi) is 3.10. The smallest absolute Gasteiger partial charge is 0.156 e. The first-order valence-corrected chi connectivity index (χ1v) is 8.04. The van der Waals surface area contributed by atoms with Crippen molar-refractivity contribution in [3.05, 3.63) is 30.5 Å². The van der Waals surface area contributed by atoms with Gasteiger partial charge < -0.3 is 5.32 Å². The maximum Gasteiger partial charge on any atom is 0.156 e. The maximum absolute atomic E-state index is 11.8. The molecule has 1 atom stereocenters. The van der Waals surface area contributed by atoms with Gasteiger partial charge in [-0.1, -0.05) is 24.3 Å². The SMILES string of the molecule is O=S1(=O)CCCC1CNc1nncc2ccccc12. The minimum absolute atomic E-state index is 0.298. The molecule has 0 saturated carbocycles. The summed E-state index contributed by atoms with van der Waals surface area (Å²) < 4.78 is 23.5. The van der Waals surface area contributed by atoms with Crippen LogP contribution in [0.4, 0.5) is 5.82 Å². The molecule has 2 heterocycles. The Bertz CT molecular complexity index is 695. The van der Waals surface area contributed by atoms with Gasteiger partial charge >= 0.3 is 0 Å². The molecule has 0 amide bonds. The highest BCUT2D eigenvalue weighted by Crippen LogP contribution is 2.23. The van der Waals surface area contributed by atoms with E-state index >= 15 is 0 Å². The van der Waals surface area contributed by atoms with Crippen LogP contribution in [0, 0.1) is 0 Å². The van der Waals surface area contributed by atoms with Crippen LogP contribution < -0.4 is 5.32 Å². The zero-order chi connectivity index (χ0) is 13.3. The Hall–Kier alpha value is -1.69. The highest BCUT2D eigenvalue weighted by molar-refractivity contribution is 7.92. The standard InChI is InChI=1S/C13H15N3O2S/c17-19(18)7-3-5-11(19)9-14-13-12-6-2-1-4-10(12)8-15-16-13/h1-2,4,6,8,11H,3,5,7,9H2,(H,14,16). The number of sulfone groups is 1. The third-order valence-corrected chi connectivity index (χ3v) is 5.81. The Balaban J connectivity index is 1.83. The normalized spacial score (nSPS) is 21.6.